The topological polar surface area (TPSA) is 77.7 Å². The summed E-state index contributed by atoms with van der Waals surface area (Å²) in [4.78, 5) is 18.5. The lowest BCUT2D eigenvalue weighted by atomic mass is 10.0. The van der Waals surface area contributed by atoms with Crippen LogP contribution in [0.4, 0.5) is 5.69 Å². The lowest BCUT2D eigenvalue weighted by Crippen LogP contribution is -2.36. The third-order valence-electron chi connectivity index (χ3n) is 5.13. The second kappa shape index (κ2) is 7.48. The molecule has 1 fully saturated rings. The van der Waals surface area contributed by atoms with E-state index in [1.54, 1.807) is 19.2 Å². The van der Waals surface area contributed by atoms with E-state index >= 15 is 0 Å². The molecule has 2 N–H and O–H groups in total. The van der Waals surface area contributed by atoms with Gasteiger partial charge in [-0.1, -0.05) is 12.1 Å². The van der Waals surface area contributed by atoms with Crippen molar-refractivity contribution in [3.05, 3.63) is 53.6 Å². The average molecular weight is 377 g/mol. The van der Waals surface area contributed by atoms with E-state index in [9.17, 15) is 4.79 Å². The number of fused-ring (bicyclic) bond motifs is 1. The highest BCUT2D eigenvalue weighted by molar-refractivity contribution is 5.94. The number of nitrogens with zero attached hydrogens (tertiary/aromatic N) is 2. The summed E-state index contributed by atoms with van der Waals surface area (Å²) in [6.45, 7) is 5.28. The number of carbonyl (C=O) groups excluding carboxylic acids is 1. The Balaban J connectivity index is 1.80. The molecule has 0 saturated carbocycles. The second-order valence-corrected chi connectivity index (χ2v) is 6.91. The van der Waals surface area contributed by atoms with E-state index in [1.807, 2.05) is 18.2 Å². The van der Waals surface area contributed by atoms with Crippen molar-refractivity contribution in [3.8, 4) is 17.0 Å². The quantitative estimate of drug-likeness (QED) is 0.756. The predicted octanol–water partition coefficient (Wildman–Crippen LogP) is 3.15. The van der Waals surface area contributed by atoms with Crippen LogP contribution in [-0.4, -0.2) is 44.3 Å². The van der Waals surface area contributed by atoms with Gasteiger partial charge in [0.2, 0.25) is 5.91 Å². The molecule has 4 rings (SSSR count). The van der Waals surface area contributed by atoms with Crippen LogP contribution in [0.1, 0.15) is 15.9 Å². The number of hydrogen-bond acceptors (Lipinski definition) is 5. The molecule has 0 bridgehead atoms. The second-order valence-electron chi connectivity index (χ2n) is 6.91. The molecule has 0 atom stereocenters. The van der Waals surface area contributed by atoms with Crippen LogP contribution in [0.2, 0.25) is 0 Å². The number of anilines is 1. The molecule has 1 aromatic heterocycles. The van der Waals surface area contributed by atoms with E-state index in [4.69, 9.17) is 20.2 Å². The summed E-state index contributed by atoms with van der Waals surface area (Å²) in [7, 11) is 1.67. The number of aryl methyl sites for hydroxylation is 1. The van der Waals surface area contributed by atoms with Crippen molar-refractivity contribution in [3.63, 3.8) is 0 Å². The largest absolute Gasteiger partial charge is 0.494 e. The molecular weight excluding hydrogens is 354 g/mol. The summed E-state index contributed by atoms with van der Waals surface area (Å²) >= 11 is 0. The van der Waals surface area contributed by atoms with Gasteiger partial charge in [0.25, 0.3) is 0 Å². The van der Waals surface area contributed by atoms with Crippen molar-refractivity contribution in [1.29, 1.82) is 0 Å². The highest BCUT2D eigenvalue weighted by atomic mass is 16.5. The highest BCUT2D eigenvalue weighted by Gasteiger charge is 2.16. The summed E-state index contributed by atoms with van der Waals surface area (Å²) in [6, 6.07) is 13.4. The van der Waals surface area contributed by atoms with Gasteiger partial charge in [0, 0.05) is 41.4 Å². The molecule has 2 heterocycles. The van der Waals surface area contributed by atoms with Gasteiger partial charge in [-0.2, -0.15) is 0 Å². The molecule has 0 aliphatic carbocycles. The molecule has 0 unspecified atom stereocenters. The molecule has 1 aliphatic rings. The summed E-state index contributed by atoms with van der Waals surface area (Å²) in [6.07, 6.45) is 0. The summed E-state index contributed by atoms with van der Waals surface area (Å²) in [5, 5.41) is 1.07. The first-order valence-corrected chi connectivity index (χ1v) is 9.29. The van der Waals surface area contributed by atoms with Crippen molar-refractivity contribution in [1.82, 2.24) is 4.98 Å². The van der Waals surface area contributed by atoms with Gasteiger partial charge in [-0.05, 0) is 36.8 Å². The van der Waals surface area contributed by atoms with Crippen molar-refractivity contribution < 1.29 is 14.3 Å². The van der Waals surface area contributed by atoms with Crippen LogP contribution >= 0.6 is 0 Å². The van der Waals surface area contributed by atoms with Crippen LogP contribution in [0.15, 0.2) is 42.5 Å². The Kier molecular flexibility index (Phi) is 4.88. The zero-order valence-corrected chi connectivity index (χ0v) is 16.1. The summed E-state index contributed by atoms with van der Waals surface area (Å²) in [5.41, 5.74) is 10.6. The number of amides is 1. The van der Waals surface area contributed by atoms with Gasteiger partial charge in [-0.15, -0.1) is 0 Å². The van der Waals surface area contributed by atoms with E-state index in [1.165, 1.54) is 0 Å². The fourth-order valence-electron chi connectivity index (χ4n) is 3.56. The zero-order valence-electron chi connectivity index (χ0n) is 16.1. The molecule has 2 aromatic carbocycles. The number of ether oxygens (including phenoxy) is 2. The average Bonchev–Trinajstić information content (AvgIpc) is 2.73. The number of rotatable bonds is 4. The van der Waals surface area contributed by atoms with Crippen molar-refractivity contribution in [2.75, 3.05) is 38.3 Å². The molecule has 144 valence electrons. The first kappa shape index (κ1) is 18.3. The van der Waals surface area contributed by atoms with Gasteiger partial charge < -0.3 is 20.1 Å². The molecule has 6 heteroatoms. The molecule has 28 heavy (non-hydrogen) atoms. The standard InChI is InChI=1S/C22H23N3O3/c1-14-11-19(15-3-5-16(6-4-15)22(23)26)24-21-18(14)12-17(13-20(21)27-2)25-7-9-28-10-8-25/h3-6,11-13H,7-10H2,1-2H3,(H2,23,26). The number of aromatic nitrogens is 1. The Bertz CT molecular complexity index is 1030. The van der Waals surface area contributed by atoms with E-state index < -0.39 is 5.91 Å². The maximum absolute atomic E-state index is 11.3. The normalized spacial score (nSPS) is 14.3. The van der Waals surface area contributed by atoms with E-state index in [-0.39, 0.29) is 0 Å². The van der Waals surface area contributed by atoms with Crippen molar-refractivity contribution >= 4 is 22.5 Å². The van der Waals surface area contributed by atoms with Crippen LogP contribution in [0.3, 0.4) is 0 Å². The zero-order chi connectivity index (χ0) is 19.7. The number of morpholine rings is 1. The van der Waals surface area contributed by atoms with Crippen molar-refractivity contribution in [2.45, 2.75) is 6.92 Å². The van der Waals surface area contributed by atoms with Gasteiger partial charge in [0.05, 0.1) is 26.0 Å². The monoisotopic (exact) mass is 377 g/mol. The summed E-state index contributed by atoms with van der Waals surface area (Å²) in [5.74, 6) is 0.309. The minimum atomic E-state index is -0.438. The number of methoxy groups -OCH3 is 1. The number of benzene rings is 2. The molecule has 6 nitrogen and oxygen atoms in total. The number of pyridine rings is 1. The molecule has 3 aromatic rings. The fraction of sp³-hybridized carbons (Fsp3) is 0.273. The van der Waals surface area contributed by atoms with E-state index in [0.717, 1.165) is 65.5 Å². The minimum Gasteiger partial charge on any atom is -0.494 e. The van der Waals surface area contributed by atoms with Crippen LogP contribution in [-0.2, 0) is 4.74 Å². The lowest BCUT2D eigenvalue weighted by molar-refractivity contribution is 0.100. The fourth-order valence-corrected chi connectivity index (χ4v) is 3.56. The lowest BCUT2D eigenvalue weighted by Gasteiger charge is -2.29. The number of primary amides is 1. The Labute approximate surface area is 163 Å². The van der Waals surface area contributed by atoms with Crippen LogP contribution in [0.25, 0.3) is 22.2 Å². The number of nitrogens with two attached hydrogens (primary N) is 1. The molecule has 0 radical (unpaired) electrons. The Hall–Kier alpha value is -3.12. The SMILES string of the molecule is COc1cc(N2CCOCC2)cc2c(C)cc(-c3ccc(C(N)=O)cc3)nc12. The summed E-state index contributed by atoms with van der Waals surface area (Å²) < 4.78 is 11.1. The Morgan fingerprint density at radius 2 is 1.86 bits per heavy atom. The van der Waals surface area contributed by atoms with E-state index in [2.05, 4.69) is 24.0 Å². The van der Waals surface area contributed by atoms with Crippen LogP contribution in [0, 0.1) is 6.92 Å². The van der Waals surface area contributed by atoms with Gasteiger partial charge >= 0.3 is 0 Å². The van der Waals surface area contributed by atoms with Crippen LogP contribution < -0.4 is 15.4 Å². The van der Waals surface area contributed by atoms with Gasteiger partial charge in [0.15, 0.2) is 0 Å². The molecule has 1 saturated heterocycles. The van der Waals surface area contributed by atoms with Gasteiger partial charge in [-0.25, -0.2) is 4.98 Å². The smallest absolute Gasteiger partial charge is 0.248 e. The van der Waals surface area contributed by atoms with E-state index in [0.29, 0.717) is 5.56 Å². The third-order valence-corrected chi connectivity index (χ3v) is 5.13. The first-order chi connectivity index (χ1) is 13.6. The molecular formula is C22H23N3O3. The molecule has 0 spiro atoms. The van der Waals surface area contributed by atoms with Crippen LogP contribution in [0.5, 0.6) is 5.75 Å². The van der Waals surface area contributed by atoms with Gasteiger partial charge in [-0.3, -0.25) is 4.79 Å². The number of carbonyl (C=O) groups is 1. The highest BCUT2D eigenvalue weighted by Crippen LogP contribution is 2.34. The molecule has 1 aliphatic heterocycles. The Morgan fingerprint density at radius 1 is 1.14 bits per heavy atom. The van der Waals surface area contributed by atoms with Gasteiger partial charge in [0.1, 0.15) is 11.3 Å². The minimum absolute atomic E-state index is 0.438. The van der Waals surface area contributed by atoms with Crippen molar-refractivity contribution in [2.24, 2.45) is 5.73 Å². The number of hydrogen-bond donors (Lipinski definition) is 1. The molecule has 1 amide bonds. The maximum Gasteiger partial charge on any atom is 0.248 e. The predicted molar refractivity (Wildman–Crippen MR) is 110 cm³/mol. The first-order valence-electron chi connectivity index (χ1n) is 9.29. The maximum atomic E-state index is 11.3. The Morgan fingerprint density at radius 3 is 2.50 bits per heavy atom. The third kappa shape index (κ3) is 3.39.